The number of anilines is 2. The van der Waals surface area contributed by atoms with Gasteiger partial charge in [-0.1, -0.05) is 0 Å². The molecule has 2 aromatic carbocycles. The van der Waals surface area contributed by atoms with E-state index in [1.807, 2.05) is 6.92 Å². The second-order valence-corrected chi connectivity index (χ2v) is 9.12. The molecule has 1 saturated heterocycles. The van der Waals surface area contributed by atoms with Crippen molar-refractivity contribution < 1.29 is 19.4 Å². The van der Waals surface area contributed by atoms with Gasteiger partial charge in [-0.05, 0) is 64.8 Å². The van der Waals surface area contributed by atoms with Crippen molar-refractivity contribution in [3.63, 3.8) is 0 Å². The van der Waals surface area contributed by atoms with E-state index in [2.05, 4.69) is 4.90 Å². The third-order valence-electron chi connectivity index (χ3n) is 5.53. The number of rotatable bonds is 5. The van der Waals surface area contributed by atoms with Crippen LogP contribution in [0.5, 0.6) is 0 Å². The maximum atomic E-state index is 13.1. The minimum absolute atomic E-state index is 0.0376. The molecule has 0 spiro atoms. The number of non-ortho nitro benzene ring substituents is 2. The first-order chi connectivity index (χ1) is 15.5. The Bertz CT molecular complexity index is 1020. The zero-order valence-corrected chi connectivity index (χ0v) is 19.1. The largest absolute Gasteiger partial charge is 0.443 e. The van der Waals surface area contributed by atoms with Crippen LogP contribution < -0.4 is 9.80 Å². The molecule has 2 atom stereocenters. The highest BCUT2D eigenvalue weighted by molar-refractivity contribution is 5.89. The molecule has 1 aliphatic rings. The smallest absolute Gasteiger partial charge is 0.415 e. The number of nitro groups is 2. The van der Waals surface area contributed by atoms with Crippen LogP contribution in [0.25, 0.3) is 0 Å². The summed E-state index contributed by atoms with van der Waals surface area (Å²) >= 11 is 0. The molecule has 3 rings (SSSR count). The van der Waals surface area contributed by atoms with E-state index in [1.54, 1.807) is 49.9 Å². The normalized spacial score (nSPS) is 18.5. The number of hydrogen-bond donors (Lipinski definition) is 0. The Morgan fingerprint density at radius 2 is 1.52 bits per heavy atom. The van der Waals surface area contributed by atoms with E-state index in [0.717, 1.165) is 5.69 Å². The number of hydrogen-bond acceptors (Lipinski definition) is 7. The van der Waals surface area contributed by atoms with Crippen molar-refractivity contribution in [3.05, 3.63) is 68.8 Å². The number of nitro benzene ring substituents is 2. The van der Waals surface area contributed by atoms with Crippen molar-refractivity contribution in [3.8, 4) is 0 Å². The minimum Gasteiger partial charge on any atom is -0.443 e. The second-order valence-electron chi connectivity index (χ2n) is 9.12. The zero-order chi connectivity index (χ0) is 24.3. The van der Waals surface area contributed by atoms with E-state index in [4.69, 9.17) is 4.74 Å². The predicted octanol–water partition coefficient (Wildman–Crippen LogP) is 5.30. The van der Waals surface area contributed by atoms with Crippen molar-refractivity contribution in [1.29, 1.82) is 0 Å². The Morgan fingerprint density at radius 3 is 1.97 bits per heavy atom. The van der Waals surface area contributed by atoms with E-state index in [0.29, 0.717) is 25.1 Å². The highest BCUT2D eigenvalue weighted by Crippen LogP contribution is 2.32. The minimum atomic E-state index is -0.693. The molecular formula is C23H28N4O6. The lowest BCUT2D eigenvalue weighted by atomic mass is 9.95. The van der Waals surface area contributed by atoms with Gasteiger partial charge in [-0.15, -0.1) is 0 Å². The van der Waals surface area contributed by atoms with Crippen molar-refractivity contribution in [2.45, 2.75) is 58.2 Å². The average Bonchev–Trinajstić information content (AvgIpc) is 2.73. The summed E-state index contributed by atoms with van der Waals surface area (Å²) in [5, 5.41) is 22.0. The van der Waals surface area contributed by atoms with Gasteiger partial charge in [0.15, 0.2) is 0 Å². The number of piperidine rings is 1. The van der Waals surface area contributed by atoms with Crippen LogP contribution >= 0.6 is 0 Å². The first-order valence-electron chi connectivity index (χ1n) is 10.7. The van der Waals surface area contributed by atoms with Gasteiger partial charge in [0.25, 0.3) is 11.4 Å². The van der Waals surface area contributed by atoms with Crippen LogP contribution in [0.1, 0.15) is 40.5 Å². The van der Waals surface area contributed by atoms with Crippen LogP contribution in [-0.4, -0.2) is 40.2 Å². The van der Waals surface area contributed by atoms with Crippen LogP contribution in [0, 0.1) is 20.2 Å². The Labute approximate surface area is 192 Å². The van der Waals surface area contributed by atoms with Crippen LogP contribution in [0.15, 0.2) is 48.5 Å². The summed E-state index contributed by atoms with van der Waals surface area (Å²) in [5.74, 6) is 0. The lowest BCUT2D eigenvalue weighted by molar-refractivity contribution is -0.385. The molecule has 1 fully saturated rings. The molecule has 0 bridgehead atoms. The molecule has 0 radical (unpaired) electrons. The molecule has 0 saturated carbocycles. The van der Waals surface area contributed by atoms with E-state index in [-0.39, 0.29) is 23.5 Å². The third-order valence-corrected chi connectivity index (χ3v) is 5.53. The lowest BCUT2D eigenvalue weighted by Gasteiger charge is -2.43. The number of nitrogens with zero attached hydrogens (tertiary/aromatic N) is 4. The molecular weight excluding hydrogens is 428 g/mol. The van der Waals surface area contributed by atoms with Gasteiger partial charge in [-0.2, -0.15) is 0 Å². The summed E-state index contributed by atoms with van der Waals surface area (Å²) in [6, 6.07) is 12.2. The van der Waals surface area contributed by atoms with Gasteiger partial charge < -0.3 is 9.64 Å². The fraction of sp³-hybridized carbons (Fsp3) is 0.435. The summed E-state index contributed by atoms with van der Waals surface area (Å²) in [4.78, 5) is 37.9. The molecule has 0 N–H and O–H groups in total. The Kier molecular flexibility index (Phi) is 6.85. The van der Waals surface area contributed by atoms with Gasteiger partial charge in [0.1, 0.15) is 5.60 Å². The van der Waals surface area contributed by atoms with Crippen LogP contribution in [0.4, 0.5) is 27.5 Å². The Hall–Kier alpha value is -3.69. The van der Waals surface area contributed by atoms with Gasteiger partial charge in [-0.3, -0.25) is 25.1 Å². The van der Waals surface area contributed by atoms with Crippen molar-refractivity contribution in [2.24, 2.45) is 0 Å². The predicted molar refractivity (Wildman–Crippen MR) is 125 cm³/mol. The zero-order valence-electron chi connectivity index (χ0n) is 19.1. The molecule has 2 unspecified atom stereocenters. The number of amides is 1. The monoisotopic (exact) mass is 456 g/mol. The average molecular weight is 456 g/mol. The topological polar surface area (TPSA) is 119 Å². The summed E-state index contributed by atoms with van der Waals surface area (Å²) in [6.45, 7) is 8.04. The van der Waals surface area contributed by atoms with Gasteiger partial charge in [0.2, 0.25) is 0 Å². The quantitative estimate of drug-likeness (QED) is 0.442. The van der Waals surface area contributed by atoms with Crippen LogP contribution in [-0.2, 0) is 4.74 Å². The standard InChI is InChI=1S/C23H28N4O6/c1-16-15-21(13-14-24(16)17-5-9-19(10-6-17)26(29)30)25(22(28)33-23(2,3)4)18-7-11-20(12-8-18)27(31)32/h5-12,16,21H,13-15H2,1-4H3. The lowest BCUT2D eigenvalue weighted by Crippen LogP contribution is -2.52. The summed E-state index contributed by atoms with van der Waals surface area (Å²) in [7, 11) is 0. The molecule has 2 aromatic rings. The molecule has 1 amide bonds. The van der Waals surface area contributed by atoms with Gasteiger partial charge in [0, 0.05) is 54.3 Å². The van der Waals surface area contributed by atoms with Crippen LogP contribution in [0.2, 0.25) is 0 Å². The van der Waals surface area contributed by atoms with E-state index >= 15 is 0 Å². The van der Waals surface area contributed by atoms with Crippen LogP contribution in [0.3, 0.4) is 0 Å². The summed E-state index contributed by atoms with van der Waals surface area (Å²) in [5.41, 5.74) is 0.711. The second kappa shape index (κ2) is 9.43. The first kappa shape index (κ1) is 24.0. The Morgan fingerprint density at radius 1 is 1.00 bits per heavy atom. The highest BCUT2D eigenvalue weighted by atomic mass is 16.6. The van der Waals surface area contributed by atoms with Crippen molar-refractivity contribution in [2.75, 3.05) is 16.3 Å². The molecule has 1 heterocycles. The maximum absolute atomic E-state index is 13.1. The fourth-order valence-electron chi connectivity index (χ4n) is 4.04. The van der Waals surface area contributed by atoms with E-state index < -0.39 is 21.5 Å². The summed E-state index contributed by atoms with van der Waals surface area (Å²) in [6.07, 6.45) is 0.766. The molecule has 176 valence electrons. The maximum Gasteiger partial charge on any atom is 0.415 e. The number of carbonyl (C=O) groups is 1. The van der Waals surface area contributed by atoms with Crippen molar-refractivity contribution in [1.82, 2.24) is 0 Å². The third kappa shape index (κ3) is 5.76. The molecule has 0 aromatic heterocycles. The molecule has 10 heteroatoms. The van der Waals surface area contributed by atoms with Gasteiger partial charge in [0.05, 0.1) is 9.85 Å². The molecule has 0 aliphatic carbocycles. The Balaban J connectivity index is 1.83. The fourth-order valence-corrected chi connectivity index (χ4v) is 4.04. The number of carbonyl (C=O) groups excluding carboxylic acids is 1. The van der Waals surface area contributed by atoms with Gasteiger partial charge >= 0.3 is 6.09 Å². The van der Waals surface area contributed by atoms with E-state index in [1.165, 1.54) is 24.3 Å². The summed E-state index contributed by atoms with van der Waals surface area (Å²) < 4.78 is 5.64. The van der Waals surface area contributed by atoms with Crippen molar-refractivity contribution >= 4 is 28.8 Å². The SMILES string of the molecule is CC1CC(N(C(=O)OC(C)(C)C)c2ccc([N+](=O)[O-])cc2)CCN1c1ccc([N+](=O)[O-])cc1. The molecule has 10 nitrogen and oxygen atoms in total. The highest BCUT2D eigenvalue weighted by Gasteiger charge is 2.35. The number of ether oxygens (including phenoxy) is 1. The van der Waals surface area contributed by atoms with E-state index in [9.17, 15) is 25.0 Å². The molecule has 33 heavy (non-hydrogen) atoms. The van der Waals surface area contributed by atoms with Gasteiger partial charge in [-0.25, -0.2) is 4.79 Å². The number of benzene rings is 2. The first-order valence-corrected chi connectivity index (χ1v) is 10.7. The molecule has 1 aliphatic heterocycles.